The number of primary amides is 1. The van der Waals surface area contributed by atoms with E-state index in [1.807, 2.05) is 24.3 Å². The van der Waals surface area contributed by atoms with Gasteiger partial charge in [-0.1, -0.05) is 43.6 Å². The molecule has 16 heavy (non-hydrogen) atoms. The molecule has 0 fully saturated rings. The summed E-state index contributed by atoms with van der Waals surface area (Å²) in [6.45, 7) is 4.26. The maximum Gasteiger partial charge on any atom is 0.218 e. The van der Waals surface area contributed by atoms with Gasteiger partial charge in [-0.2, -0.15) is 0 Å². The first kappa shape index (κ1) is 13.0. The Kier molecular flexibility index (Phi) is 4.81. The van der Waals surface area contributed by atoms with Gasteiger partial charge in [0.05, 0.1) is 0 Å². The molecule has 1 amide bonds. The van der Waals surface area contributed by atoms with Gasteiger partial charge in [0.1, 0.15) is 0 Å². The minimum atomic E-state index is -0.273. The van der Waals surface area contributed by atoms with E-state index in [-0.39, 0.29) is 11.8 Å². The number of amides is 1. The number of hydrogen-bond acceptors (Lipinski definition) is 1. The van der Waals surface area contributed by atoms with Crippen LogP contribution in [0.3, 0.4) is 0 Å². The summed E-state index contributed by atoms with van der Waals surface area (Å²) in [5.41, 5.74) is 6.30. The lowest BCUT2D eigenvalue weighted by molar-refractivity contribution is -0.118. The van der Waals surface area contributed by atoms with Crippen LogP contribution in [0.4, 0.5) is 0 Å². The SMILES string of the molecule is CC(C)CC(CC(N)=O)c1ccccc1Cl. The molecule has 1 aromatic carbocycles. The van der Waals surface area contributed by atoms with E-state index in [4.69, 9.17) is 17.3 Å². The number of carbonyl (C=O) groups excluding carboxylic acids is 1. The van der Waals surface area contributed by atoms with Crippen molar-refractivity contribution in [2.75, 3.05) is 0 Å². The van der Waals surface area contributed by atoms with Crippen LogP contribution in [0.25, 0.3) is 0 Å². The van der Waals surface area contributed by atoms with Crippen molar-refractivity contribution in [1.29, 1.82) is 0 Å². The van der Waals surface area contributed by atoms with E-state index in [1.54, 1.807) is 0 Å². The van der Waals surface area contributed by atoms with Crippen LogP contribution >= 0.6 is 11.6 Å². The molecule has 2 N–H and O–H groups in total. The number of hydrogen-bond donors (Lipinski definition) is 1. The van der Waals surface area contributed by atoms with Gasteiger partial charge in [-0.15, -0.1) is 0 Å². The second-order valence-electron chi connectivity index (χ2n) is 4.52. The molecule has 1 rings (SSSR count). The Hall–Kier alpha value is -1.02. The Balaban J connectivity index is 2.91. The average molecular weight is 240 g/mol. The minimum absolute atomic E-state index is 0.131. The molecular formula is C13H18ClNO. The average Bonchev–Trinajstić information content (AvgIpc) is 2.15. The molecule has 0 bridgehead atoms. The van der Waals surface area contributed by atoms with Crippen molar-refractivity contribution in [3.63, 3.8) is 0 Å². The Morgan fingerprint density at radius 3 is 2.50 bits per heavy atom. The van der Waals surface area contributed by atoms with Crippen LogP contribution in [0.2, 0.25) is 5.02 Å². The van der Waals surface area contributed by atoms with E-state index in [9.17, 15) is 4.79 Å². The normalized spacial score (nSPS) is 12.8. The number of halogens is 1. The molecule has 3 heteroatoms. The summed E-state index contributed by atoms with van der Waals surface area (Å²) in [4.78, 5) is 11.1. The van der Waals surface area contributed by atoms with Gasteiger partial charge in [0.25, 0.3) is 0 Å². The summed E-state index contributed by atoms with van der Waals surface area (Å²) < 4.78 is 0. The second kappa shape index (κ2) is 5.90. The Labute approximate surface area is 102 Å². The van der Waals surface area contributed by atoms with Crippen LogP contribution in [0.15, 0.2) is 24.3 Å². The smallest absolute Gasteiger partial charge is 0.218 e. The van der Waals surface area contributed by atoms with Gasteiger partial charge in [-0.05, 0) is 29.9 Å². The van der Waals surface area contributed by atoms with Crippen LogP contribution in [-0.2, 0) is 4.79 Å². The Morgan fingerprint density at radius 1 is 1.38 bits per heavy atom. The molecule has 0 saturated heterocycles. The topological polar surface area (TPSA) is 43.1 Å². The lowest BCUT2D eigenvalue weighted by Gasteiger charge is -2.19. The zero-order chi connectivity index (χ0) is 12.1. The van der Waals surface area contributed by atoms with Gasteiger partial charge < -0.3 is 5.73 Å². The fraction of sp³-hybridized carbons (Fsp3) is 0.462. The third-order valence-corrected chi connectivity index (χ3v) is 2.89. The first-order valence-corrected chi connectivity index (χ1v) is 5.91. The molecule has 2 nitrogen and oxygen atoms in total. The maximum atomic E-state index is 11.1. The molecule has 0 aliphatic heterocycles. The summed E-state index contributed by atoms with van der Waals surface area (Å²) in [5.74, 6) is 0.373. The van der Waals surface area contributed by atoms with Crippen molar-refractivity contribution >= 4 is 17.5 Å². The first-order valence-electron chi connectivity index (χ1n) is 5.53. The van der Waals surface area contributed by atoms with E-state index < -0.39 is 0 Å². The summed E-state index contributed by atoms with van der Waals surface area (Å²) >= 11 is 6.13. The van der Waals surface area contributed by atoms with Gasteiger partial charge in [0.2, 0.25) is 5.91 Å². The monoisotopic (exact) mass is 239 g/mol. The minimum Gasteiger partial charge on any atom is -0.370 e. The lowest BCUT2D eigenvalue weighted by atomic mass is 9.87. The highest BCUT2D eigenvalue weighted by Crippen LogP contribution is 2.31. The van der Waals surface area contributed by atoms with Gasteiger partial charge in [0.15, 0.2) is 0 Å². The molecule has 1 aromatic rings. The maximum absolute atomic E-state index is 11.1. The fourth-order valence-corrected chi connectivity index (χ4v) is 2.23. The molecule has 0 radical (unpaired) electrons. The highest BCUT2D eigenvalue weighted by Gasteiger charge is 2.18. The van der Waals surface area contributed by atoms with Gasteiger partial charge >= 0.3 is 0 Å². The van der Waals surface area contributed by atoms with Crippen LogP contribution in [0.1, 0.15) is 38.2 Å². The summed E-state index contributed by atoms with van der Waals surface area (Å²) in [6, 6.07) is 7.65. The van der Waals surface area contributed by atoms with Crippen molar-refractivity contribution in [2.24, 2.45) is 11.7 Å². The Bertz CT molecular complexity index is 363. The highest BCUT2D eigenvalue weighted by atomic mass is 35.5. The molecule has 0 heterocycles. The van der Waals surface area contributed by atoms with Crippen molar-refractivity contribution in [2.45, 2.75) is 32.6 Å². The Morgan fingerprint density at radius 2 is 2.00 bits per heavy atom. The van der Waals surface area contributed by atoms with Crippen LogP contribution in [0, 0.1) is 5.92 Å². The van der Waals surface area contributed by atoms with Gasteiger partial charge in [0, 0.05) is 11.4 Å². The number of rotatable bonds is 5. The van der Waals surface area contributed by atoms with E-state index in [1.165, 1.54) is 0 Å². The van der Waals surface area contributed by atoms with Crippen molar-refractivity contribution in [1.82, 2.24) is 0 Å². The lowest BCUT2D eigenvalue weighted by Crippen LogP contribution is -2.16. The molecule has 0 aliphatic rings. The van der Waals surface area contributed by atoms with E-state index in [0.717, 1.165) is 17.0 Å². The summed E-state index contributed by atoms with van der Waals surface area (Å²) in [5, 5.41) is 0.717. The van der Waals surface area contributed by atoms with Crippen molar-refractivity contribution in [3.8, 4) is 0 Å². The molecule has 0 aromatic heterocycles. The molecule has 0 aliphatic carbocycles. The van der Waals surface area contributed by atoms with Crippen molar-refractivity contribution in [3.05, 3.63) is 34.9 Å². The molecule has 1 atom stereocenters. The van der Waals surface area contributed by atoms with Crippen LogP contribution < -0.4 is 5.73 Å². The number of carbonyl (C=O) groups is 1. The van der Waals surface area contributed by atoms with Gasteiger partial charge in [-0.25, -0.2) is 0 Å². The number of nitrogens with two attached hydrogens (primary N) is 1. The third-order valence-electron chi connectivity index (χ3n) is 2.55. The highest BCUT2D eigenvalue weighted by molar-refractivity contribution is 6.31. The third kappa shape index (κ3) is 3.86. The zero-order valence-corrected chi connectivity index (χ0v) is 10.5. The van der Waals surface area contributed by atoms with Crippen molar-refractivity contribution < 1.29 is 4.79 Å². The fourth-order valence-electron chi connectivity index (χ4n) is 1.94. The molecule has 0 spiro atoms. The molecule has 88 valence electrons. The molecule has 1 unspecified atom stereocenters. The standard InChI is InChI=1S/C13H18ClNO/c1-9(2)7-10(8-13(15)16)11-5-3-4-6-12(11)14/h3-6,9-10H,7-8H2,1-2H3,(H2,15,16). The van der Waals surface area contributed by atoms with E-state index >= 15 is 0 Å². The largest absolute Gasteiger partial charge is 0.370 e. The predicted octanol–water partition coefficient (Wildman–Crippen LogP) is 3.35. The van der Waals surface area contributed by atoms with Crippen LogP contribution in [0.5, 0.6) is 0 Å². The summed E-state index contributed by atoms with van der Waals surface area (Å²) in [6.07, 6.45) is 1.29. The predicted molar refractivity (Wildman–Crippen MR) is 67.5 cm³/mol. The van der Waals surface area contributed by atoms with Gasteiger partial charge in [-0.3, -0.25) is 4.79 Å². The number of benzene rings is 1. The van der Waals surface area contributed by atoms with E-state index in [0.29, 0.717) is 12.3 Å². The van der Waals surface area contributed by atoms with E-state index in [2.05, 4.69) is 13.8 Å². The molecular weight excluding hydrogens is 222 g/mol. The second-order valence-corrected chi connectivity index (χ2v) is 4.93. The quantitative estimate of drug-likeness (QED) is 0.842. The van der Waals surface area contributed by atoms with Crippen LogP contribution in [-0.4, -0.2) is 5.91 Å². The first-order chi connectivity index (χ1) is 7.50. The zero-order valence-electron chi connectivity index (χ0n) is 9.74. The summed E-state index contributed by atoms with van der Waals surface area (Å²) in [7, 11) is 0. The molecule has 0 saturated carbocycles.